The van der Waals surface area contributed by atoms with Crippen molar-refractivity contribution in [2.45, 2.75) is 25.0 Å². The summed E-state index contributed by atoms with van der Waals surface area (Å²) in [6, 6.07) is 14.2. The Morgan fingerprint density at radius 3 is 2.92 bits per heavy atom. The van der Waals surface area contributed by atoms with Crippen LogP contribution >= 0.6 is 0 Å². The molecule has 0 aromatic heterocycles. The molecule has 0 aliphatic carbocycles. The van der Waals surface area contributed by atoms with E-state index in [1.807, 2.05) is 48.7 Å². The summed E-state index contributed by atoms with van der Waals surface area (Å²) < 4.78 is 23.0. The lowest BCUT2D eigenvalue weighted by Crippen LogP contribution is -2.35. The molecule has 134 valence electrons. The van der Waals surface area contributed by atoms with Crippen molar-refractivity contribution in [3.05, 3.63) is 53.6 Å². The van der Waals surface area contributed by atoms with Crippen molar-refractivity contribution in [2.24, 2.45) is 4.99 Å². The molecule has 2 fully saturated rings. The van der Waals surface area contributed by atoms with Crippen LogP contribution in [0.4, 0.5) is 5.69 Å². The fourth-order valence-corrected chi connectivity index (χ4v) is 3.52. The molecule has 0 saturated carbocycles. The highest BCUT2D eigenvalue weighted by molar-refractivity contribution is 5.73. The SMILES string of the molecule is COc1cc2c(cc1OCc1ccccc1)/N=C\[C@@H]1COCN1C1OC21. The van der Waals surface area contributed by atoms with Crippen LogP contribution in [0.25, 0.3) is 0 Å². The lowest BCUT2D eigenvalue weighted by atomic mass is 10.1. The first-order valence-electron chi connectivity index (χ1n) is 8.75. The lowest BCUT2D eigenvalue weighted by Gasteiger charge is -2.19. The first kappa shape index (κ1) is 15.8. The topological polar surface area (TPSA) is 55.8 Å². The van der Waals surface area contributed by atoms with Gasteiger partial charge in [0.25, 0.3) is 0 Å². The van der Waals surface area contributed by atoms with E-state index >= 15 is 0 Å². The summed E-state index contributed by atoms with van der Waals surface area (Å²) in [4.78, 5) is 6.89. The number of methoxy groups -OCH3 is 1. The highest BCUT2D eigenvalue weighted by atomic mass is 16.6. The summed E-state index contributed by atoms with van der Waals surface area (Å²) in [6.45, 7) is 1.72. The number of ether oxygens (including phenoxy) is 4. The summed E-state index contributed by atoms with van der Waals surface area (Å²) in [6.07, 6.45) is 1.99. The monoisotopic (exact) mass is 352 g/mol. The van der Waals surface area contributed by atoms with Crippen molar-refractivity contribution in [2.75, 3.05) is 20.4 Å². The van der Waals surface area contributed by atoms with Gasteiger partial charge in [-0.3, -0.25) is 4.99 Å². The van der Waals surface area contributed by atoms with Gasteiger partial charge in [-0.05, 0) is 11.6 Å². The van der Waals surface area contributed by atoms with Gasteiger partial charge in [0.2, 0.25) is 0 Å². The molecule has 0 radical (unpaired) electrons. The van der Waals surface area contributed by atoms with Crippen LogP contribution < -0.4 is 9.47 Å². The molecule has 3 heterocycles. The third-order valence-corrected chi connectivity index (χ3v) is 4.99. The van der Waals surface area contributed by atoms with Gasteiger partial charge in [0.1, 0.15) is 25.7 Å². The molecule has 3 aliphatic heterocycles. The van der Waals surface area contributed by atoms with Crippen LogP contribution in [0, 0.1) is 0 Å². The molecule has 6 nitrogen and oxygen atoms in total. The quantitative estimate of drug-likeness (QED) is 0.792. The smallest absolute Gasteiger partial charge is 0.163 e. The molecule has 2 aromatic rings. The Balaban J connectivity index is 1.46. The minimum absolute atomic E-state index is 0.00345. The molecular formula is C20H20N2O4. The van der Waals surface area contributed by atoms with Crippen molar-refractivity contribution in [3.8, 4) is 11.5 Å². The predicted octanol–water partition coefficient (Wildman–Crippen LogP) is 3.05. The van der Waals surface area contributed by atoms with Crippen LogP contribution in [0.2, 0.25) is 0 Å². The van der Waals surface area contributed by atoms with Crippen molar-refractivity contribution in [3.63, 3.8) is 0 Å². The van der Waals surface area contributed by atoms with E-state index in [9.17, 15) is 0 Å². The molecule has 0 spiro atoms. The zero-order valence-corrected chi connectivity index (χ0v) is 14.5. The van der Waals surface area contributed by atoms with Crippen LogP contribution in [-0.2, 0) is 16.1 Å². The van der Waals surface area contributed by atoms with Crippen molar-refractivity contribution >= 4 is 11.9 Å². The number of epoxide rings is 1. The van der Waals surface area contributed by atoms with E-state index in [1.54, 1.807) is 7.11 Å². The van der Waals surface area contributed by atoms with E-state index in [4.69, 9.17) is 23.9 Å². The second-order valence-corrected chi connectivity index (χ2v) is 6.64. The Labute approximate surface area is 151 Å². The van der Waals surface area contributed by atoms with Gasteiger partial charge in [-0.15, -0.1) is 0 Å². The standard InChI is InChI=1S/C20H20N2O4/c1-23-17-7-15-16(8-18(17)25-10-13-5-3-2-4-6-13)21-9-14-11-24-12-22(14)20-19(15)26-20/h2-9,14,19-20H,10-12H2,1H3/b21-9-/t14-,19?,20?/m1/s1. The number of aliphatic imine (C=N–C) groups is 1. The Hall–Kier alpha value is -2.41. The fraction of sp³-hybridized carbons (Fsp3) is 0.350. The summed E-state index contributed by atoms with van der Waals surface area (Å²) >= 11 is 0. The Morgan fingerprint density at radius 2 is 2.08 bits per heavy atom. The summed E-state index contributed by atoms with van der Waals surface area (Å²) in [5, 5.41) is 0. The molecule has 0 N–H and O–H groups in total. The van der Waals surface area contributed by atoms with Crippen LogP contribution in [0.5, 0.6) is 11.5 Å². The minimum atomic E-state index is 0.00345. The fourth-order valence-electron chi connectivity index (χ4n) is 3.52. The number of rotatable bonds is 4. The Kier molecular flexibility index (Phi) is 3.89. The van der Waals surface area contributed by atoms with Gasteiger partial charge in [0, 0.05) is 17.8 Å². The van der Waals surface area contributed by atoms with Crippen LogP contribution in [-0.4, -0.2) is 43.8 Å². The van der Waals surface area contributed by atoms with Gasteiger partial charge in [-0.2, -0.15) is 0 Å². The summed E-state index contributed by atoms with van der Waals surface area (Å²) in [7, 11) is 1.65. The highest BCUT2D eigenvalue weighted by Gasteiger charge is 2.50. The van der Waals surface area contributed by atoms with E-state index in [0.717, 1.165) is 16.8 Å². The maximum Gasteiger partial charge on any atom is 0.163 e. The van der Waals surface area contributed by atoms with E-state index in [1.165, 1.54) is 0 Å². The molecular weight excluding hydrogens is 332 g/mol. The number of benzene rings is 2. The van der Waals surface area contributed by atoms with E-state index in [2.05, 4.69) is 4.90 Å². The van der Waals surface area contributed by atoms with Crippen LogP contribution in [0.1, 0.15) is 17.2 Å². The van der Waals surface area contributed by atoms with E-state index in [0.29, 0.717) is 31.4 Å². The maximum absolute atomic E-state index is 6.01. The normalized spacial score (nSPS) is 27.5. The average Bonchev–Trinajstić information content (AvgIpc) is 3.32. The van der Waals surface area contributed by atoms with E-state index in [-0.39, 0.29) is 18.4 Å². The van der Waals surface area contributed by atoms with Crippen molar-refractivity contribution in [1.82, 2.24) is 4.90 Å². The second kappa shape index (κ2) is 6.39. The maximum atomic E-state index is 6.01. The van der Waals surface area contributed by atoms with Gasteiger partial charge in [-0.1, -0.05) is 30.3 Å². The van der Waals surface area contributed by atoms with E-state index < -0.39 is 0 Å². The van der Waals surface area contributed by atoms with Gasteiger partial charge in [0.15, 0.2) is 11.5 Å². The molecule has 0 amide bonds. The average molecular weight is 352 g/mol. The highest BCUT2D eigenvalue weighted by Crippen LogP contribution is 2.50. The zero-order valence-electron chi connectivity index (χ0n) is 14.5. The van der Waals surface area contributed by atoms with Gasteiger partial charge >= 0.3 is 0 Å². The molecule has 26 heavy (non-hydrogen) atoms. The molecule has 5 rings (SSSR count). The first-order valence-corrected chi connectivity index (χ1v) is 8.75. The second-order valence-electron chi connectivity index (χ2n) is 6.64. The summed E-state index contributed by atoms with van der Waals surface area (Å²) in [5.41, 5.74) is 3.00. The molecule has 2 saturated heterocycles. The third kappa shape index (κ3) is 2.76. The Morgan fingerprint density at radius 1 is 1.19 bits per heavy atom. The van der Waals surface area contributed by atoms with Crippen LogP contribution in [0.3, 0.4) is 0 Å². The largest absolute Gasteiger partial charge is 0.493 e. The Bertz CT molecular complexity index is 839. The van der Waals surface area contributed by atoms with Gasteiger partial charge < -0.3 is 18.9 Å². The predicted molar refractivity (Wildman–Crippen MR) is 96.0 cm³/mol. The van der Waals surface area contributed by atoms with Crippen LogP contribution in [0.15, 0.2) is 47.5 Å². The number of hydrogen-bond acceptors (Lipinski definition) is 6. The molecule has 3 aliphatic rings. The number of fused-ring (bicyclic) bond motifs is 5. The zero-order chi connectivity index (χ0) is 17.5. The molecule has 3 atom stereocenters. The number of nitrogens with zero attached hydrogens (tertiary/aromatic N) is 2. The molecule has 2 unspecified atom stereocenters. The molecule has 6 heteroatoms. The lowest BCUT2D eigenvalue weighted by molar-refractivity contribution is 0.107. The summed E-state index contributed by atoms with van der Waals surface area (Å²) in [5.74, 6) is 1.38. The van der Waals surface area contributed by atoms with Crippen molar-refractivity contribution in [1.29, 1.82) is 0 Å². The first-order chi connectivity index (χ1) is 12.8. The van der Waals surface area contributed by atoms with Gasteiger partial charge in [0.05, 0.1) is 25.4 Å². The third-order valence-electron chi connectivity index (χ3n) is 4.99. The van der Waals surface area contributed by atoms with Crippen molar-refractivity contribution < 1.29 is 18.9 Å². The number of hydrogen-bond donors (Lipinski definition) is 0. The van der Waals surface area contributed by atoms with Gasteiger partial charge in [-0.25, -0.2) is 4.90 Å². The molecule has 2 aromatic carbocycles. The minimum Gasteiger partial charge on any atom is -0.493 e. The molecule has 0 bridgehead atoms.